The molecule has 1 heteroatoms. The molecule has 0 fully saturated rings. The van der Waals surface area contributed by atoms with Crippen LogP contribution < -0.4 is 0 Å². The van der Waals surface area contributed by atoms with Crippen molar-refractivity contribution >= 4 is 0 Å². The first-order valence-corrected chi connectivity index (χ1v) is 16.0. The smallest absolute Gasteiger partial charge is 0.00891 e. The minimum absolute atomic E-state index is 0.815. The lowest BCUT2D eigenvalue weighted by atomic mass is 9.99. The number of hydrogen-bond acceptors (Lipinski definition) is 1. The normalized spacial score (nSPS) is 12.9. The molecular weight excluding hydrogens is 410 g/mol. The molecule has 0 saturated carbocycles. The molecule has 0 heterocycles. The first kappa shape index (κ1) is 33.7. The molecule has 1 atom stereocenters. The average molecular weight is 478 g/mol. The summed E-state index contributed by atoms with van der Waals surface area (Å²) in [6.07, 6.45) is 41.9. The van der Waals surface area contributed by atoms with Gasteiger partial charge in [0.05, 0.1) is 0 Å². The molecule has 0 N–H and O–H groups in total. The van der Waals surface area contributed by atoms with Crippen molar-refractivity contribution in [2.24, 2.45) is 0 Å². The van der Waals surface area contributed by atoms with Gasteiger partial charge in [0, 0.05) is 6.04 Å². The van der Waals surface area contributed by atoms with Crippen molar-refractivity contribution in [3.05, 3.63) is 12.2 Å². The summed E-state index contributed by atoms with van der Waals surface area (Å²) in [4.78, 5) is 2.49. The largest absolute Gasteiger partial charge is 0.306 e. The Morgan fingerprint density at radius 1 is 0.412 bits per heavy atom. The zero-order chi connectivity index (χ0) is 25.0. The molecule has 204 valence electrons. The molecule has 0 radical (unpaired) electrons. The molecule has 34 heavy (non-hydrogen) atoms. The van der Waals surface area contributed by atoms with Crippen LogP contribution in [0.25, 0.3) is 0 Å². The Morgan fingerprint density at radius 3 is 1.03 bits per heavy atom. The highest BCUT2D eigenvalue weighted by atomic mass is 15.1. The maximum absolute atomic E-state index is 2.49. The third-order valence-electron chi connectivity index (χ3n) is 7.67. The maximum Gasteiger partial charge on any atom is 0.00891 e. The lowest BCUT2D eigenvalue weighted by molar-refractivity contribution is 0.251. The van der Waals surface area contributed by atoms with Crippen LogP contribution in [0.5, 0.6) is 0 Å². The van der Waals surface area contributed by atoms with E-state index in [2.05, 4.69) is 45.0 Å². The number of rotatable bonds is 28. The lowest BCUT2D eigenvalue weighted by Crippen LogP contribution is -2.27. The molecule has 0 rings (SSSR count). The summed E-state index contributed by atoms with van der Waals surface area (Å²) in [7, 11) is 4.58. The highest BCUT2D eigenvalue weighted by Crippen LogP contribution is 2.18. The molecule has 0 spiro atoms. The van der Waals surface area contributed by atoms with Crippen LogP contribution in [0.3, 0.4) is 0 Å². The van der Waals surface area contributed by atoms with Crippen molar-refractivity contribution in [1.29, 1.82) is 0 Å². The van der Waals surface area contributed by atoms with E-state index < -0.39 is 0 Å². The van der Waals surface area contributed by atoms with Crippen molar-refractivity contribution in [1.82, 2.24) is 4.90 Å². The van der Waals surface area contributed by atoms with Crippen LogP contribution in [0, 0.1) is 0 Å². The molecule has 0 saturated heterocycles. The molecule has 0 aliphatic heterocycles. The summed E-state index contributed by atoms with van der Waals surface area (Å²) in [6, 6.07) is 0.815. The minimum atomic E-state index is 0.815. The maximum atomic E-state index is 2.49. The SMILES string of the molecule is CCCCCCCCC=CCCCCCCCCCCCC(CCCCCCCCC)N(C)C. The molecule has 0 amide bonds. The summed E-state index contributed by atoms with van der Waals surface area (Å²) in [5.41, 5.74) is 0. The van der Waals surface area contributed by atoms with E-state index in [0.717, 1.165) is 6.04 Å². The van der Waals surface area contributed by atoms with Crippen LogP contribution >= 0.6 is 0 Å². The molecule has 1 nitrogen and oxygen atoms in total. The second-order valence-corrected chi connectivity index (χ2v) is 11.3. The third kappa shape index (κ3) is 26.3. The lowest BCUT2D eigenvalue weighted by Gasteiger charge is -2.24. The number of nitrogens with zero attached hydrogens (tertiary/aromatic N) is 1. The average Bonchev–Trinajstić information content (AvgIpc) is 2.83. The third-order valence-corrected chi connectivity index (χ3v) is 7.67. The first-order chi connectivity index (χ1) is 16.7. The van der Waals surface area contributed by atoms with Gasteiger partial charge in [-0.2, -0.15) is 0 Å². The highest BCUT2D eigenvalue weighted by Gasteiger charge is 2.10. The highest BCUT2D eigenvalue weighted by molar-refractivity contribution is 4.81. The zero-order valence-electron chi connectivity index (χ0n) is 24.6. The van der Waals surface area contributed by atoms with Crippen LogP contribution in [0.1, 0.15) is 181 Å². The predicted octanol–water partition coefficient (Wildman–Crippen LogP) is 11.7. The number of unbranched alkanes of at least 4 members (excludes halogenated alkanes) is 21. The van der Waals surface area contributed by atoms with E-state index in [1.807, 2.05) is 0 Å². The fourth-order valence-corrected chi connectivity index (χ4v) is 5.16. The van der Waals surface area contributed by atoms with Crippen LogP contribution in [0.15, 0.2) is 12.2 Å². The van der Waals surface area contributed by atoms with Crippen LogP contribution in [0.2, 0.25) is 0 Å². The predicted molar refractivity (Wildman–Crippen MR) is 158 cm³/mol. The molecule has 0 aliphatic rings. The first-order valence-electron chi connectivity index (χ1n) is 16.0. The van der Waals surface area contributed by atoms with Crippen molar-refractivity contribution in [3.63, 3.8) is 0 Å². The molecule has 0 bridgehead atoms. The van der Waals surface area contributed by atoms with E-state index in [0.29, 0.717) is 0 Å². The Hall–Kier alpha value is -0.300. The van der Waals surface area contributed by atoms with Gasteiger partial charge in [-0.15, -0.1) is 0 Å². The number of hydrogen-bond donors (Lipinski definition) is 0. The monoisotopic (exact) mass is 478 g/mol. The summed E-state index contributed by atoms with van der Waals surface area (Å²) in [5.74, 6) is 0. The quantitative estimate of drug-likeness (QED) is 0.0799. The van der Waals surface area contributed by atoms with Crippen molar-refractivity contribution in [3.8, 4) is 0 Å². The van der Waals surface area contributed by atoms with E-state index in [-0.39, 0.29) is 0 Å². The van der Waals surface area contributed by atoms with Gasteiger partial charge in [0.25, 0.3) is 0 Å². The molecule has 0 aromatic rings. The number of allylic oxidation sites excluding steroid dienone is 2. The molecular formula is C33H67N. The summed E-state index contributed by atoms with van der Waals surface area (Å²) >= 11 is 0. The summed E-state index contributed by atoms with van der Waals surface area (Å²) < 4.78 is 0. The zero-order valence-corrected chi connectivity index (χ0v) is 24.6. The molecule has 0 aromatic heterocycles. The van der Waals surface area contributed by atoms with Gasteiger partial charge in [-0.05, 0) is 52.6 Å². The molecule has 1 unspecified atom stereocenters. The van der Waals surface area contributed by atoms with E-state index in [4.69, 9.17) is 0 Å². The van der Waals surface area contributed by atoms with E-state index >= 15 is 0 Å². The second kappa shape index (κ2) is 28.9. The van der Waals surface area contributed by atoms with Gasteiger partial charge in [-0.3, -0.25) is 0 Å². The van der Waals surface area contributed by atoms with Gasteiger partial charge in [-0.1, -0.05) is 154 Å². The fraction of sp³-hybridized carbons (Fsp3) is 0.939. The van der Waals surface area contributed by atoms with Crippen LogP contribution in [-0.2, 0) is 0 Å². The van der Waals surface area contributed by atoms with Gasteiger partial charge in [0.1, 0.15) is 0 Å². The van der Waals surface area contributed by atoms with Gasteiger partial charge in [-0.25, -0.2) is 0 Å². The van der Waals surface area contributed by atoms with E-state index in [1.54, 1.807) is 0 Å². The Kier molecular flexibility index (Phi) is 28.7. The standard InChI is InChI=1S/C33H67N/c1-5-7-9-11-13-14-15-16-17-18-19-20-21-22-23-24-26-28-30-32-33(34(3)4)31-29-27-25-12-10-8-6-2/h16-17,33H,5-15,18-32H2,1-4H3. The van der Waals surface area contributed by atoms with Crippen LogP contribution in [-0.4, -0.2) is 25.0 Å². The Balaban J connectivity index is 3.37. The summed E-state index contributed by atoms with van der Waals surface area (Å²) in [5, 5.41) is 0. The van der Waals surface area contributed by atoms with Gasteiger partial charge in [0.2, 0.25) is 0 Å². The Morgan fingerprint density at radius 2 is 0.706 bits per heavy atom. The van der Waals surface area contributed by atoms with Crippen molar-refractivity contribution in [2.75, 3.05) is 14.1 Å². The van der Waals surface area contributed by atoms with Gasteiger partial charge >= 0.3 is 0 Å². The fourth-order valence-electron chi connectivity index (χ4n) is 5.16. The van der Waals surface area contributed by atoms with Crippen LogP contribution in [0.4, 0.5) is 0 Å². The second-order valence-electron chi connectivity index (χ2n) is 11.3. The Labute approximate surface area is 217 Å². The van der Waals surface area contributed by atoms with E-state index in [1.165, 1.54) is 167 Å². The van der Waals surface area contributed by atoms with Crippen molar-refractivity contribution < 1.29 is 0 Å². The van der Waals surface area contributed by atoms with E-state index in [9.17, 15) is 0 Å². The Bertz CT molecular complexity index is 386. The van der Waals surface area contributed by atoms with Gasteiger partial charge in [0.15, 0.2) is 0 Å². The van der Waals surface area contributed by atoms with Crippen molar-refractivity contribution in [2.45, 2.75) is 187 Å². The topological polar surface area (TPSA) is 3.24 Å². The molecule has 0 aliphatic carbocycles. The van der Waals surface area contributed by atoms with Gasteiger partial charge < -0.3 is 4.90 Å². The molecule has 0 aromatic carbocycles. The summed E-state index contributed by atoms with van der Waals surface area (Å²) in [6.45, 7) is 4.60. The minimum Gasteiger partial charge on any atom is -0.306 e.